The van der Waals surface area contributed by atoms with Crippen molar-refractivity contribution in [1.82, 2.24) is 19.7 Å². The van der Waals surface area contributed by atoms with Crippen molar-refractivity contribution in [3.05, 3.63) is 35.3 Å². The van der Waals surface area contributed by atoms with E-state index in [9.17, 15) is 0 Å². The van der Waals surface area contributed by atoms with Gasteiger partial charge in [-0.05, 0) is 72.6 Å². The van der Waals surface area contributed by atoms with E-state index < -0.39 is 0 Å². The molecule has 3 heterocycles. The van der Waals surface area contributed by atoms with E-state index in [1.807, 2.05) is 26.0 Å². The lowest BCUT2D eigenvalue weighted by Gasteiger charge is -2.33. The Morgan fingerprint density at radius 1 is 1.09 bits per heavy atom. The Morgan fingerprint density at radius 2 is 1.88 bits per heavy atom. The van der Waals surface area contributed by atoms with Crippen LogP contribution in [0, 0.1) is 20.8 Å². The van der Waals surface area contributed by atoms with Crippen LogP contribution in [0.2, 0.25) is 0 Å². The number of benzene rings is 1. The van der Waals surface area contributed by atoms with Gasteiger partial charge in [0.05, 0.1) is 25.1 Å². The summed E-state index contributed by atoms with van der Waals surface area (Å²) in [5, 5.41) is 14.9. The van der Waals surface area contributed by atoms with Gasteiger partial charge in [0, 0.05) is 47.4 Å². The van der Waals surface area contributed by atoms with Crippen LogP contribution >= 0.6 is 0 Å². The molecule has 1 N–H and O–H groups in total. The van der Waals surface area contributed by atoms with Crippen molar-refractivity contribution in [2.45, 2.75) is 66.3 Å². The number of hydrogen-bond acceptors (Lipinski definition) is 6. The van der Waals surface area contributed by atoms with Gasteiger partial charge >= 0.3 is 0 Å². The third kappa shape index (κ3) is 4.71. The summed E-state index contributed by atoms with van der Waals surface area (Å²) in [5.74, 6) is 2.44. The highest BCUT2D eigenvalue weighted by Crippen LogP contribution is 2.37. The third-order valence-corrected chi connectivity index (χ3v) is 7.10. The minimum atomic E-state index is 0.621. The van der Waals surface area contributed by atoms with Gasteiger partial charge in [-0.3, -0.25) is 0 Å². The van der Waals surface area contributed by atoms with Crippen molar-refractivity contribution >= 4 is 16.6 Å². The third-order valence-electron chi connectivity index (χ3n) is 7.10. The number of nitrogens with zero attached hydrogens (tertiary/aromatic N) is 4. The second-order valence-corrected chi connectivity index (χ2v) is 9.32. The Bertz CT molecular complexity index is 1140. The fourth-order valence-electron chi connectivity index (χ4n) is 5.36. The zero-order chi connectivity index (χ0) is 24.2. The van der Waals surface area contributed by atoms with Crippen molar-refractivity contribution < 1.29 is 9.47 Å². The van der Waals surface area contributed by atoms with Gasteiger partial charge in [-0.15, -0.1) is 5.10 Å². The van der Waals surface area contributed by atoms with Crippen LogP contribution in [0.25, 0.3) is 16.5 Å². The van der Waals surface area contributed by atoms with Gasteiger partial charge in [-0.25, -0.2) is 0 Å². The first-order valence-electron chi connectivity index (χ1n) is 12.6. The second kappa shape index (κ2) is 10.6. The molecule has 1 fully saturated rings. The number of rotatable bonds is 9. The second-order valence-electron chi connectivity index (χ2n) is 9.32. The van der Waals surface area contributed by atoms with E-state index in [-0.39, 0.29) is 0 Å². The predicted octanol–water partition coefficient (Wildman–Crippen LogP) is 5.43. The highest BCUT2D eigenvalue weighted by atomic mass is 16.5. The number of hydrogen-bond donors (Lipinski definition) is 1. The molecule has 184 valence electrons. The Labute approximate surface area is 203 Å². The normalized spacial score (nSPS) is 16.7. The predicted molar refractivity (Wildman–Crippen MR) is 139 cm³/mol. The maximum absolute atomic E-state index is 5.75. The standard InChI is InChI=1S/C27H39N5O2/c1-7-34-22-12-13-23(24(17-22)33-6)32-20(4)25-19(3)29-30-27(26(25)21(32)5)28-14-10-16-31-15-9-8-11-18(31)2/h12-13,17-18H,7-11,14-16H2,1-6H3,(H,28,30). The van der Waals surface area contributed by atoms with E-state index in [1.54, 1.807) is 7.11 Å². The summed E-state index contributed by atoms with van der Waals surface area (Å²) in [6, 6.07) is 6.70. The maximum Gasteiger partial charge on any atom is 0.158 e. The van der Waals surface area contributed by atoms with Crippen molar-refractivity contribution in [1.29, 1.82) is 0 Å². The van der Waals surface area contributed by atoms with Gasteiger partial charge in [0.15, 0.2) is 5.82 Å². The molecule has 7 nitrogen and oxygen atoms in total. The molecule has 4 rings (SSSR count). The van der Waals surface area contributed by atoms with Crippen LogP contribution in [-0.4, -0.2) is 59.1 Å². The van der Waals surface area contributed by atoms with Crippen molar-refractivity contribution in [2.75, 3.05) is 38.7 Å². The molecule has 2 aromatic heterocycles. The molecule has 0 saturated carbocycles. The number of ether oxygens (including phenoxy) is 2. The minimum absolute atomic E-state index is 0.621. The fourth-order valence-corrected chi connectivity index (χ4v) is 5.36. The number of methoxy groups -OCH3 is 1. The summed E-state index contributed by atoms with van der Waals surface area (Å²) in [5.41, 5.74) is 4.18. The van der Waals surface area contributed by atoms with Crippen LogP contribution in [0.4, 0.5) is 5.82 Å². The van der Waals surface area contributed by atoms with E-state index in [4.69, 9.17) is 9.47 Å². The molecule has 0 radical (unpaired) electrons. The summed E-state index contributed by atoms with van der Waals surface area (Å²) < 4.78 is 13.7. The molecular weight excluding hydrogens is 426 g/mol. The number of anilines is 1. The number of nitrogens with one attached hydrogen (secondary N) is 1. The van der Waals surface area contributed by atoms with E-state index in [0.717, 1.165) is 70.4 Å². The first kappa shape index (κ1) is 24.3. The summed E-state index contributed by atoms with van der Waals surface area (Å²) in [4.78, 5) is 2.62. The monoisotopic (exact) mass is 465 g/mol. The van der Waals surface area contributed by atoms with Crippen molar-refractivity contribution in [2.24, 2.45) is 0 Å². The lowest BCUT2D eigenvalue weighted by molar-refractivity contribution is 0.160. The van der Waals surface area contributed by atoms with Crippen LogP contribution in [-0.2, 0) is 0 Å². The van der Waals surface area contributed by atoms with Crippen molar-refractivity contribution in [3.63, 3.8) is 0 Å². The Balaban J connectivity index is 1.63. The first-order valence-corrected chi connectivity index (χ1v) is 12.6. The lowest BCUT2D eigenvalue weighted by atomic mass is 10.0. The minimum Gasteiger partial charge on any atom is -0.494 e. The number of aromatic nitrogens is 3. The van der Waals surface area contributed by atoms with Crippen LogP contribution < -0.4 is 14.8 Å². The average Bonchev–Trinajstić information content (AvgIpc) is 3.10. The molecule has 0 spiro atoms. The largest absolute Gasteiger partial charge is 0.494 e. The molecule has 1 aliphatic heterocycles. The van der Waals surface area contributed by atoms with E-state index in [2.05, 4.69) is 51.8 Å². The number of fused-ring (bicyclic) bond motifs is 1. The Kier molecular flexibility index (Phi) is 7.61. The maximum atomic E-state index is 5.75. The number of aryl methyl sites for hydroxylation is 3. The molecule has 1 unspecified atom stereocenters. The quantitative estimate of drug-likeness (QED) is 0.425. The topological polar surface area (TPSA) is 64.4 Å². The zero-order valence-corrected chi connectivity index (χ0v) is 21.6. The fraction of sp³-hybridized carbons (Fsp3) is 0.556. The first-order chi connectivity index (χ1) is 16.5. The molecule has 0 amide bonds. The van der Waals surface area contributed by atoms with E-state index in [1.165, 1.54) is 25.8 Å². The van der Waals surface area contributed by atoms with Gasteiger partial charge < -0.3 is 24.3 Å². The number of piperidine rings is 1. The zero-order valence-electron chi connectivity index (χ0n) is 21.6. The van der Waals surface area contributed by atoms with Gasteiger partial charge in [0.2, 0.25) is 0 Å². The van der Waals surface area contributed by atoms with Crippen LogP contribution in [0.5, 0.6) is 11.5 Å². The molecule has 0 aliphatic carbocycles. The molecule has 1 saturated heterocycles. The number of likely N-dealkylation sites (tertiary alicyclic amines) is 1. The van der Waals surface area contributed by atoms with Crippen LogP contribution in [0.1, 0.15) is 56.6 Å². The molecule has 1 aromatic carbocycles. The molecule has 1 aliphatic rings. The van der Waals surface area contributed by atoms with Crippen molar-refractivity contribution in [3.8, 4) is 17.2 Å². The molecular formula is C27H39N5O2. The molecule has 3 aromatic rings. The highest BCUT2D eigenvalue weighted by molar-refractivity contribution is 5.98. The summed E-state index contributed by atoms with van der Waals surface area (Å²) in [6.45, 7) is 14.5. The summed E-state index contributed by atoms with van der Waals surface area (Å²) >= 11 is 0. The highest BCUT2D eigenvalue weighted by Gasteiger charge is 2.22. The van der Waals surface area contributed by atoms with Gasteiger partial charge in [-0.1, -0.05) is 6.42 Å². The smallest absolute Gasteiger partial charge is 0.158 e. The van der Waals surface area contributed by atoms with Gasteiger partial charge in [-0.2, -0.15) is 5.10 Å². The summed E-state index contributed by atoms with van der Waals surface area (Å²) in [7, 11) is 1.70. The molecule has 7 heteroatoms. The molecule has 1 atom stereocenters. The van der Waals surface area contributed by atoms with Gasteiger partial charge in [0.1, 0.15) is 11.5 Å². The van der Waals surface area contributed by atoms with Gasteiger partial charge in [0.25, 0.3) is 0 Å². The van der Waals surface area contributed by atoms with E-state index in [0.29, 0.717) is 12.6 Å². The van der Waals surface area contributed by atoms with Crippen LogP contribution in [0.3, 0.4) is 0 Å². The summed E-state index contributed by atoms with van der Waals surface area (Å²) in [6.07, 6.45) is 5.09. The van der Waals surface area contributed by atoms with Crippen LogP contribution in [0.15, 0.2) is 18.2 Å². The SMILES string of the molecule is CCOc1ccc(-n2c(C)c3c(C)nnc(NCCCN4CCCCC4C)c3c2C)c(OC)c1. The molecule has 0 bridgehead atoms. The Morgan fingerprint density at radius 3 is 2.62 bits per heavy atom. The Hall–Kier alpha value is -2.80. The lowest BCUT2D eigenvalue weighted by Crippen LogP contribution is -2.38. The molecule has 34 heavy (non-hydrogen) atoms. The van der Waals surface area contributed by atoms with E-state index >= 15 is 0 Å². The average molecular weight is 466 g/mol.